The molecule has 0 aliphatic carbocycles. The van der Waals surface area contributed by atoms with Crippen LogP contribution in [0.2, 0.25) is 10.0 Å². The lowest BCUT2D eigenvalue weighted by atomic mass is 10.2. The van der Waals surface area contributed by atoms with Crippen LogP contribution in [0.1, 0.15) is 11.1 Å². The summed E-state index contributed by atoms with van der Waals surface area (Å²) in [5, 5.41) is 6.79. The van der Waals surface area contributed by atoms with E-state index in [9.17, 15) is 4.79 Å². The lowest BCUT2D eigenvalue weighted by molar-refractivity contribution is 0.251. The van der Waals surface area contributed by atoms with Crippen LogP contribution in [0.25, 0.3) is 0 Å². The van der Waals surface area contributed by atoms with Crippen molar-refractivity contribution >= 4 is 34.9 Å². The molecule has 0 unspecified atom stereocenters. The number of urea groups is 1. The zero-order valence-corrected chi connectivity index (χ0v) is 12.4. The van der Waals surface area contributed by atoms with Crippen molar-refractivity contribution in [2.75, 3.05) is 5.32 Å². The van der Waals surface area contributed by atoms with E-state index in [4.69, 9.17) is 23.2 Å². The number of anilines is 1. The maximum absolute atomic E-state index is 11.8. The molecule has 0 saturated heterocycles. The highest BCUT2D eigenvalue weighted by Gasteiger charge is 2.03. The van der Waals surface area contributed by atoms with Crippen LogP contribution < -0.4 is 10.6 Å². The number of carbonyl (C=O) groups excluding carboxylic acids is 1. The van der Waals surface area contributed by atoms with Crippen molar-refractivity contribution in [3.05, 3.63) is 63.6 Å². The Bertz CT molecular complexity index is 612. The zero-order valence-electron chi connectivity index (χ0n) is 10.9. The molecule has 0 aromatic heterocycles. The van der Waals surface area contributed by atoms with Crippen molar-refractivity contribution in [3.8, 4) is 0 Å². The fourth-order valence-electron chi connectivity index (χ4n) is 1.63. The molecule has 0 bridgehead atoms. The van der Waals surface area contributed by atoms with E-state index in [0.29, 0.717) is 22.3 Å². The molecule has 3 nitrogen and oxygen atoms in total. The molecular weight excluding hydrogens is 295 g/mol. The molecule has 104 valence electrons. The maximum atomic E-state index is 11.8. The van der Waals surface area contributed by atoms with Crippen LogP contribution in [-0.4, -0.2) is 6.03 Å². The summed E-state index contributed by atoms with van der Waals surface area (Å²) in [5.41, 5.74) is 2.61. The summed E-state index contributed by atoms with van der Waals surface area (Å²) in [6, 6.07) is 12.4. The number of amides is 2. The van der Waals surface area contributed by atoms with Crippen LogP contribution in [0.15, 0.2) is 42.5 Å². The molecule has 0 aliphatic heterocycles. The first kappa shape index (κ1) is 14.7. The van der Waals surface area contributed by atoms with E-state index in [0.717, 1.165) is 11.1 Å². The largest absolute Gasteiger partial charge is 0.334 e. The van der Waals surface area contributed by atoms with Crippen molar-refractivity contribution in [2.24, 2.45) is 0 Å². The molecule has 0 spiro atoms. The third-order valence-electron chi connectivity index (χ3n) is 2.80. The van der Waals surface area contributed by atoms with Crippen molar-refractivity contribution in [2.45, 2.75) is 13.5 Å². The van der Waals surface area contributed by atoms with Gasteiger partial charge in [0.15, 0.2) is 0 Å². The number of hydrogen-bond acceptors (Lipinski definition) is 1. The second-order valence-electron chi connectivity index (χ2n) is 4.40. The van der Waals surface area contributed by atoms with Gasteiger partial charge in [-0.05, 0) is 42.3 Å². The number of rotatable bonds is 3. The SMILES string of the molecule is Cc1ccc(NC(=O)NCc2ccc(Cl)cc2)cc1Cl. The summed E-state index contributed by atoms with van der Waals surface area (Å²) in [4.78, 5) is 11.8. The molecule has 20 heavy (non-hydrogen) atoms. The summed E-state index contributed by atoms with van der Waals surface area (Å²) in [6.45, 7) is 2.34. The molecular formula is C15H14Cl2N2O. The van der Waals surface area contributed by atoms with Crippen LogP contribution in [0.5, 0.6) is 0 Å². The molecule has 2 rings (SSSR count). The molecule has 0 heterocycles. The van der Waals surface area contributed by atoms with Gasteiger partial charge < -0.3 is 10.6 Å². The highest BCUT2D eigenvalue weighted by Crippen LogP contribution is 2.19. The molecule has 0 fully saturated rings. The van der Waals surface area contributed by atoms with Gasteiger partial charge in [-0.25, -0.2) is 4.79 Å². The van der Waals surface area contributed by atoms with Crippen LogP contribution >= 0.6 is 23.2 Å². The topological polar surface area (TPSA) is 41.1 Å². The van der Waals surface area contributed by atoms with Gasteiger partial charge in [-0.3, -0.25) is 0 Å². The minimum atomic E-state index is -0.278. The molecule has 2 aromatic rings. The van der Waals surface area contributed by atoms with E-state index >= 15 is 0 Å². The van der Waals surface area contributed by atoms with Gasteiger partial charge in [-0.2, -0.15) is 0 Å². The molecule has 2 aromatic carbocycles. The number of aryl methyl sites for hydroxylation is 1. The summed E-state index contributed by atoms with van der Waals surface area (Å²) in [6.07, 6.45) is 0. The Hall–Kier alpha value is -1.71. The molecule has 2 N–H and O–H groups in total. The summed E-state index contributed by atoms with van der Waals surface area (Å²) in [7, 11) is 0. The van der Waals surface area contributed by atoms with Gasteiger partial charge in [-0.15, -0.1) is 0 Å². The Morgan fingerprint density at radius 3 is 2.45 bits per heavy atom. The lowest BCUT2D eigenvalue weighted by Gasteiger charge is -2.09. The number of nitrogens with one attached hydrogen (secondary N) is 2. The number of benzene rings is 2. The number of halogens is 2. The molecule has 0 atom stereocenters. The summed E-state index contributed by atoms with van der Waals surface area (Å²) >= 11 is 11.8. The van der Waals surface area contributed by atoms with E-state index in [1.807, 2.05) is 31.2 Å². The van der Waals surface area contributed by atoms with Gasteiger partial charge in [0.05, 0.1) is 0 Å². The lowest BCUT2D eigenvalue weighted by Crippen LogP contribution is -2.28. The monoisotopic (exact) mass is 308 g/mol. The summed E-state index contributed by atoms with van der Waals surface area (Å²) in [5.74, 6) is 0. The first-order valence-electron chi connectivity index (χ1n) is 6.10. The first-order chi connectivity index (χ1) is 9.54. The van der Waals surface area contributed by atoms with Gasteiger partial charge >= 0.3 is 6.03 Å². The molecule has 0 aliphatic rings. The van der Waals surface area contributed by atoms with Crippen LogP contribution in [0, 0.1) is 6.92 Å². The van der Waals surface area contributed by atoms with E-state index in [1.54, 1.807) is 18.2 Å². The second kappa shape index (κ2) is 6.64. The molecule has 0 saturated carbocycles. The minimum absolute atomic E-state index is 0.278. The van der Waals surface area contributed by atoms with E-state index in [-0.39, 0.29) is 6.03 Å². The Morgan fingerprint density at radius 1 is 1.10 bits per heavy atom. The summed E-state index contributed by atoms with van der Waals surface area (Å²) < 4.78 is 0. The number of carbonyl (C=O) groups is 1. The van der Waals surface area contributed by atoms with Crippen molar-refractivity contribution in [1.82, 2.24) is 5.32 Å². The van der Waals surface area contributed by atoms with Crippen LogP contribution in [-0.2, 0) is 6.54 Å². The third kappa shape index (κ3) is 4.15. The third-order valence-corrected chi connectivity index (χ3v) is 3.46. The Labute approximate surface area is 127 Å². The maximum Gasteiger partial charge on any atom is 0.319 e. The highest BCUT2D eigenvalue weighted by molar-refractivity contribution is 6.31. The first-order valence-corrected chi connectivity index (χ1v) is 6.85. The molecule has 0 radical (unpaired) electrons. The van der Waals surface area contributed by atoms with E-state index < -0.39 is 0 Å². The van der Waals surface area contributed by atoms with Gasteiger partial charge in [0.1, 0.15) is 0 Å². The smallest absolute Gasteiger partial charge is 0.319 e. The quantitative estimate of drug-likeness (QED) is 0.853. The second-order valence-corrected chi connectivity index (χ2v) is 5.24. The fourth-order valence-corrected chi connectivity index (χ4v) is 1.94. The van der Waals surface area contributed by atoms with E-state index in [1.165, 1.54) is 0 Å². The van der Waals surface area contributed by atoms with Gasteiger partial charge in [-0.1, -0.05) is 41.4 Å². The van der Waals surface area contributed by atoms with Gasteiger partial charge in [0.2, 0.25) is 0 Å². The molecule has 2 amide bonds. The average molecular weight is 309 g/mol. The molecule has 5 heteroatoms. The minimum Gasteiger partial charge on any atom is -0.334 e. The Balaban J connectivity index is 1.89. The van der Waals surface area contributed by atoms with Crippen molar-refractivity contribution in [1.29, 1.82) is 0 Å². The number of hydrogen-bond donors (Lipinski definition) is 2. The average Bonchev–Trinajstić information content (AvgIpc) is 2.42. The fraction of sp³-hybridized carbons (Fsp3) is 0.133. The van der Waals surface area contributed by atoms with Crippen LogP contribution in [0.4, 0.5) is 10.5 Å². The van der Waals surface area contributed by atoms with Gasteiger partial charge in [0, 0.05) is 22.3 Å². The normalized spacial score (nSPS) is 10.2. The predicted octanol–water partition coefficient (Wildman–Crippen LogP) is 4.62. The van der Waals surface area contributed by atoms with Gasteiger partial charge in [0.25, 0.3) is 0 Å². The Kier molecular flexibility index (Phi) is 4.88. The van der Waals surface area contributed by atoms with Crippen LogP contribution in [0.3, 0.4) is 0 Å². The Morgan fingerprint density at radius 2 is 1.80 bits per heavy atom. The highest BCUT2D eigenvalue weighted by atomic mass is 35.5. The van der Waals surface area contributed by atoms with Crippen molar-refractivity contribution in [3.63, 3.8) is 0 Å². The van der Waals surface area contributed by atoms with E-state index in [2.05, 4.69) is 10.6 Å². The van der Waals surface area contributed by atoms with Crippen molar-refractivity contribution < 1.29 is 4.79 Å². The standard InChI is InChI=1S/C15H14Cl2N2O/c1-10-2-7-13(8-14(10)17)19-15(20)18-9-11-3-5-12(16)6-4-11/h2-8H,9H2,1H3,(H2,18,19,20). The zero-order chi connectivity index (χ0) is 14.5. The predicted molar refractivity (Wildman–Crippen MR) is 83.5 cm³/mol.